The van der Waals surface area contributed by atoms with Gasteiger partial charge in [-0.25, -0.2) is 0 Å². The lowest BCUT2D eigenvalue weighted by atomic mass is 10.0. The summed E-state index contributed by atoms with van der Waals surface area (Å²) in [6, 6.07) is 8.22. The fourth-order valence-corrected chi connectivity index (χ4v) is 3.09. The average Bonchev–Trinajstić information content (AvgIpc) is 3.20. The number of aromatic nitrogens is 1. The molecular formula is C17H19NO3. The molecule has 110 valence electrons. The topological polar surface area (TPSA) is 40.5 Å². The molecule has 0 amide bonds. The molecule has 2 aliphatic rings. The first-order chi connectivity index (χ1) is 10.2. The Morgan fingerprint density at radius 3 is 2.67 bits per heavy atom. The molecule has 2 heterocycles. The maximum absolute atomic E-state index is 12.4. The highest BCUT2D eigenvalue weighted by molar-refractivity contribution is 5.83. The van der Waals surface area contributed by atoms with Crippen LogP contribution in [0.15, 0.2) is 29.1 Å². The number of ether oxygens (including phenoxy) is 2. The Hall–Kier alpha value is -1.65. The number of nitrogens with zero attached hydrogens (tertiary/aromatic N) is 1. The Morgan fingerprint density at radius 1 is 1.19 bits per heavy atom. The van der Waals surface area contributed by atoms with E-state index in [1.165, 1.54) is 18.4 Å². The number of benzene rings is 1. The van der Waals surface area contributed by atoms with Gasteiger partial charge in [-0.1, -0.05) is 12.1 Å². The molecule has 1 aliphatic carbocycles. The number of hydrogen-bond donors (Lipinski definition) is 0. The quantitative estimate of drug-likeness (QED) is 0.870. The van der Waals surface area contributed by atoms with E-state index in [2.05, 4.69) is 18.2 Å². The maximum atomic E-state index is 12.4. The molecule has 2 fully saturated rings. The molecule has 21 heavy (non-hydrogen) atoms. The standard InChI is InChI=1S/C17H19NO3/c1-11-8-16(19)18(10-17-20-6-7-21-17)15-9-13(12-2-3-12)4-5-14(11)15/h4-5,8-9,12,17H,2-3,6-7,10H2,1H3. The summed E-state index contributed by atoms with van der Waals surface area (Å²) in [6.45, 7) is 3.67. The smallest absolute Gasteiger partial charge is 0.251 e. The van der Waals surface area contributed by atoms with E-state index in [1.807, 2.05) is 6.92 Å². The molecular weight excluding hydrogens is 266 g/mol. The fourth-order valence-electron chi connectivity index (χ4n) is 3.09. The van der Waals surface area contributed by atoms with Crippen molar-refractivity contribution in [2.45, 2.75) is 38.5 Å². The van der Waals surface area contributed by atoms with Gasteiger partial charge in [0.05, 0.1) is 25.3 Å². The molecule has 0 atom stereocenters. The van der Waals surface area contributed by atoms with Crippen LogP contribution in [0.3, 0.4) is 0 Å². The van der Waals surface area contributed by atoms with Gasteiger partial charge in [0.1, 0.15) is 0 Å². The van der Waals surface area contributed by atoms with Gasteiger partial charge in [0.2, 0.25) is 0 Å². The van der Waals surface area contributed by atoms with Crippen LogP contribution in [0.4, 0.5) is 0 Å². The van der Waals surface area contributed by atoms with Gasteiger partial charge in [-0.3, -0.25) is 4.79 Å². The van der Waals surface area contributed by atoms with Gasteiger partial charge in [-0.05, 0) is 42.9 Å². The summed E-state index contributed by atoms with van der Waals surface area (Å²) in [7, 11) is 0. The first kappa shape index (κ1) is 13.0. The number of rotatable bonds is 3. The second-order valence-electron chi connectivity index (χ2n) is 6.00. The molecule has 2 aromatic rings. The predicted molar refractivity (Wildman–Crippen MR) is 80.6 cm³/mol. The largest absolute Gasteiger partial charge is 0.348 e. The average molecular weight is 285 g/mol. The molecule has 0 N–H and O–H groups in total. The van der Waals surface area contributed by atoms with Crippen molar-refractivity contribution in [3.8, 4) is 0 Å². The van der Waals surface area contributed by atoms with Crippen LogP contribution in [0, 0.1) is 6.92 Å². The van der Waals surface area contributed by atoms with Crippen molar-refractivity contribution in [2.24, 2.45) is 0 Å². The van der Waals surface area contributed by atoms with Crippen LogP contribution in [0.25, 0.3) is 10.9 Å². The SMILES string of the molecule is Cc1cc(=O)n(CC2OCCO2)c2cc(C3CC3)ccc12. The van der Waals surface area contributed by atoms with Crippen molar-refractivity contribution >= 4 is 10.9 Å². The Morgan fingerprint density at radius 2 is 1.95 bits per heavy atom. The van der Waals surface area contributed by atoms with Gasteiger partial charge in [-0.15, -0.1) is 0 Å². The van der Waals surface area contributed by atoms with Crippen LogP contribution >= 0.6 is 0 Å². The van der Waals surface area contributed by atoms with Crippen LogP contribution < -0.4 is 5.56 Å². The Kier molecular flexibility index (Phi) is 3.08. The number of aryl methyl sites for hydroxylation is 1. The summed E-state index contributed by atoms with van der Waals surface area (Å²) in [5.74, 6) is 0.678. The monoisotopic (exact) mass is 285 g/mol. The second kappa shape index (κ2) is 4.97. The van der Waals surface area contributed by atoms with E-state index in [-0.39, 0.29) is 11.8 Å². The van der Waals surface area contributed by atoms with Crippen LogP contribution in [0.2, 0.25) is 0 Å². The third-order valence-electron chi connectivity index (χ3n) is 4.41. The van der Waals surface area contributed by atoms with Crippen molar-refractivity contribution in [3.63, 3.8) is 0 Å². The molecule has 0 unspecified atom stereocenters. The molecule has 1 saturated carbocycles. The molecule has 4 nitrogen and oxygen atoms in total. The Labute approximate surface area is 123 Å². The van der Waals surface area contributed by atoms with Crippen LogP contribution in [0.1, 0.15) is 29.9 Å². The lowest BCUT2D eigenvalue weighted by Gasteiger charge is -2.16. The van der Waals surface area contributed by atoms with Crippen LogP contribution in [-0.4, -0.2) is 24.1 Å². The molecule has 1 aliphatic heterocycles. The van der Waals surface area contributed by atoms with E-state index in [4.69, 9.17) is 9.47 Å². The van der Waals surface area contributed by atoms with Crippen LogP contribution in [-0.2, 0) is 16.0 Å². The Bertz CT molecular complexity index is 740. The van der Waals surface area contributed by atoms with Gasteiger partial charge in [-0.2, -0.15) is 0 Å². The zero-order valence-corrected chi connectivity index (χ0v) is 12.2. The summed E-state index contributed by atoms with van der Waals surface area (Å²) in [5.41, 5.74) is 3.40. The molecule has 1 aromatic carbocycles. The van der Waals surface area contributed by atoms with Crippen molar-refractivity contribution in [2.75, 3.05) is 13.2 Å². The summed E-state index contributed by atoms with van der Waals surface area (Å²) in [4.78, 5) is 12.4. The normalized spacial score (nSPS) is 19.5. The lowest BCUT2D eigenvalue weighted by Crippen LogP contribution is -2.27. The molecule has 4 rings (SSSR count). The zero-order chi connectivity index (χ0) is 14.4. The summed E-state index contributed by atoms with van der Waals surface area (Å²) >= 11 is 0. The highest BCUT2D eigenvalue weighted by Crippen LogP contribution is 2.41. The molecule has 4 heteroatoms. The highest BCUT2D eigenvalue weighted by atomic mass is 16.7. The molecule has 1 saturated heterocycles. The Balaban J connectivity index is 1.85. The number of hydrogen-bond acceptors (Lipinski definition) is 3. The first-order valence-electron chi connectivity index (χ1n) is 7.60. The summed E-state index contributed by atoms with van der Waals surface area (Å²) < 4.78 is 12.8. The molecule has 0 bridgehead atoms. The van der Waals surface area contributed by atoms with Crippen molar-refractivity contribution in [3.05, 3.63) is 45.7 Å². The van der Waals surface area contributed by atoms with E-state index in [9.17, 15) is 4.79 Å². The van der Waals surface area contributed by atoms with E-state index in [0.29, 0.717) is 25.7 Å². The molecule has 1 aromatic heterocycles. The minimum Gasteiger partial charge on any atom is -0.348 e. The van der Waals surface area contributed by atoms with Gasteiger partial charge in [0.25, 0.3) is 5.56 Å². The third kappa shape index (κ3) is 2.39. The second-order valence-corrected chi connectivity index (χ2v) is 6.00. The van der Waals surface area contributed by atoms with Gasteiger partial charge in [0, 0.05) is 11.5 Å². The fraction of sp³-hybridized carbons (Fsp3) is 0.471. The highest BCUT2D eigenvalue weighted by Gasteiger charge is 2.24. The third-order valence-corrected chi connectivity index (χ3v) is 4.41. The first-order valence-corrected chi connectivity index (χ1v) is 7.60. The maximum Gasteiger partial charge on any atom is 0.251 e. The van der Waals surface area contributed by atoms with Gasteiger partial charge >= 0.3 is 0 Å². The minimum absolute atomic E-state index is 0.0204. The van der Waals surface area contributed by atoms with E-state index in [1.54, 1.807) is 10.6 Å². The van der Waals surface area contributed by atoms with E-state index in [0.717, 1.165) is 16.5 Å². The summed E-state index contributed by atoms with van der Waals surface area (Å²) in [6.07, 6.45) is 2.21. The van der Waals surface area contributed by atoms with Gasteiger partial charge < -0.3 is 14.0 Å². The minimum atomic E-state index is -0.307. The lowest BCUT2D eigenvalue weighted by molar-refractivity contribution is -0.0522. The van der Waals surface area contributed by atoms with E-state index >= 15 is 0 Å². The molecule has 0 spiro atoms. The molecule has 0 radical (unpaired) electrons. The number of fused-ring (bicyclic) bond motifs is 1. The van der Waals surface area contributed by atoms with E-state index < -0.39 is 0 Å². The predicted octanol–water partition coefficient (Wildman–Crippen LogP) is 2.56. The van der Waals surface area contributed by atoms with Crippen molar-refractivity contribution < 1.29 is 9.47 Å². The van der Waals surface area contributed by atoms with Crippen molar-refractivity contribution in [1.29, 1.82) is 0 Å². The zero-order valence-electron chi connectivity index (χ0n) is 12.2. The summed E-state index contributed by atoms with van der Waals surface area (Å²) in [5, 5.41) is 1.14. The van der Waals surface area contributed by atoms with Crippen LogP contribution in [0.5, 0.6) is 0 Å². The van der Waals surface area contributed by atoms with Gasteiger partial charge in [0.15, 0.2) is 6.29 Å². The number of pyridine rings is 1. The van der Waals surface area contributed by atoms with Crippen molar-refractivity contribution in [1.82, 2.24) is 4.57 Å².